The van der Waals surface area contributed by atoms with Gasteiger partial charge in [-0.15, -0.1) is 11.3 Å². The van der Waals surface area contributed by atoms with Gasteiger partial charge in [0, 0.05) is 32.3 Å². The Morgan fingerprint density at radius 3 is 1.97 bits per heavy atom. The van der Waals surface area contributed by atoms with E-state index in [1.54, 1.807) is 11.3 Å². The molecule has 3 heterocycles. The fourth-order valence-corrected chi connectivity index (χ4v) is 11.5. The van der Waals surface area contributed by atoms with Gasteiger partial charge >= 0.3 is 0 Å². The van der Waals surface area contributed by atoms with Gasteiger partial charge in [-0.25, -0.2) is 9.97 Å². The van der Waals surface area contributed by atoms with Crippen LogP contribution in [0.2, 0.25) is 0 Å². The van der Waals surface area contributed by atoms with Crippen LogP contribution in [0.25, 0.3) is 115 Å². The second-order valence-corrected chi connectivity index (χ2v) is 18.0. The number of aromatic nitrogens is 3. The van der Waals surface area contributed by atoms with Crippen molar-refractivity contribution in [1.82, 2.24) is 14.5 Å². The zero-order valence-electron chi connectivity index (χ0n) is 34.8. The maximum Gasteiger partial charge on any atom is 0.235 e. The summed E-state index contributed by atoms with van der Waals surface area (Å²) in [5, 5.41) is 5.95. The minimum atomic E-state index is 0.171. The van der Waals surface area contributed by atoms with Gasteiger partial charge in [0.15, 0.2) is 0 Å². The number of rotatable bonds is 4. The molecule has 3 nitrogen and oxygen atoms in total. The van der Waals surface area contributed by atoms with Crippen LogP contribution in [0.5, 0.6) is 0 Å². The first kappa shape index (κ1) is 36.0. The van der Waals surface area contributed by atoms with Crippen molar-refractivity contribution in [1.29, 1.82) is 0 Å². The van der Waals surface area contributed by atoms with Gasteiger partial charge in [-0.05, 0) is 115 Å². The Bertz CT molecular complexity index is 3820. The van der Waals surface area contributed by atoms with Crippen LogP contribution in [0.3, 0.4) is 0 Å². The SMILES string of the molecule is Cc1c2cc3c(c1-c1ccccc1C(C)c1ccc(-c4ccccc4)cc1-2)c1cc(-c2ccccc2)ccc1n3-c1nc(-c2ccc3ccccc3c2)c2sc3ccccc3c2n1. The standard InChI is InChI=1S/C59H39N3S/c1-35-44-21-11-12-22-46(44)54-36(2)48(49-32-41(27-29-45(35)49)37-15-5-3-6-16-37)34-52-55(54)50-33-42(38-17-7-4-8-18-38)28-30-51(50)62(52)59-60-56(43-26-25-39-19-9-10-20-40(39)31-43)58-57(61-59)47-23-13-14-24-53(47)63-58/h3-35H,1-2H3. The molecular formula is C59H39N3S. The summed E-state index contributed by atoms with van der Waals surface area (Å²) in [6, 6.07) is 71.0. The Morgan fingerprint density at radius 2 is 1.14 bits per heavy atom. The molecule has 0 saturated carbocycles. The van der Waals surface area contributed by atoms with Crippen molar-refractivity contribution in [2.45, 2.75) is 19.8 Å². The van der Waals surface area contributed by atoms with Crippen LogP contribution in [0.1, 0.15) is 29.5 Å². The molecule has 4 heteroatoms. The van der Waals surface area contributed by atoms with Crippen molar-refractivity contribution >= 4 is 64.2 Å². The lowest BCUT2D eigenvalue weighted by Gasteiger charge is -2.27. The first-order chi connectivity index (χ1) is 31.1. The van der Waals surface area contributed by atoms with Crippen molar-refractivity contribution in [2.75, 3.05) is 0 Å². The summed E-state index contributed by atoms with van der Waals surface area (Å²) in [5.41, 5.74) is 18.9. The molecule has 0 spiro atoms. The highest BCUT2D eigenvalue weighted by molar-refractivity contribution is 7.26. The molecular weight excluding hydrogens is 783 g/mol. The van der Waals surface area contributed by atoms with Crippen LogP contribution in [-0.4, -0.2) is 14.5 Å². The van der Waals surface area contributed by atoms with Crippen LogP contribution >= 0.6 is 11.3 Å². The van der Waals surface area contributed by atoms with Crippen molar-refractivity contribution in [3.63, 3.8) is 0 Å². The highest BCUT2D eigenvalue weighted by atomic mass is 32.1. The third-order valence-electron chi connectivity index (χ3n) is 13.5. The van der Waals surface area contributed by atoms with Crippen molar-refractivity contribution in [3.8, 4) is 61.7 Å². The van der Waals surface area contributed by atoms with Gasteiger partial charge in [-0.1, -0.05) is 165 Å². The lowest BCUT2D eigenvalue weighted by molar-refractivity contribution is 0.924. The molecule has 12 aromatic rings. The number of nitrogens with zero attached hydrogens (tertiary/aromatic N) is 3. The van der Waals surface area contributed by atoms with E-state index < -0.39 is 0 Å². The number of hydrogen-bond donors (Lipinski definition) is 0. The molecule has 63 heavy (non-hydrogen) atoms. The van der Waals surface area contributed by atoms with Gasteiger partial charge in [0.25, 0.3) is 0 Å². The third-order valence-corrected chi connectivity index (χ3v) is 14.6. The zero-order chi connectivity index (χ0) is 41.8. The summed E-state index contributed by atoms with van der Waals surface area (Å²) in [7, 11) is 0. The molecule has 0 radical (unpaired) electrons. The molecule has 1 aliphatic rings. The Balaban J connectivity index is 1.19. The van der Waals surface area contributed by atoms with Crippen LogP contribution in [-0.2, 0) is 0 Å². The molecule has 2 bridgehead atoms. The number of thiophene rings is 1. The first-order valence-corrected chi connectivity index (χ1v) is 22.5. The van der Waals surface area contributed by atoms with E-state index in [0.717, 1.165) is 37.9 Å². The number of benzene rings is 9. The van der Waals surface area contributed by atoms with Gasteiger partial charge in [-0.2, -0.15) is 0 Å². The normalized spacial score (nSPS) is 13.4. The Morgan fingerprint density at radius 1 is 0.476 bits per heavy atom. The van der Waals surface area contributed by atoms with Gasteiger partial charge in [0.1, 0.15) is 0 Å². The molecule has 3 aromatic heterocycles. The highest BCUT2D eigenvalue weighted by Crippen LogP contribution is 2.51. The van der Waals surface area contributed by atoms with E-state index in [2.05, 4.69) is 213 Å². The molecule has 0 saturated heterocycles. The van der Waals surface area contributed by atoms with E-state index >= 15 is 0 Å². The fourth-order valence-electron chi connectivity index (χ4n) is 10.4. The fraction of sp³-hybridized carbons (Fsp3) is 0.0508. The molecule has 1 unspecified atom stereocenters. The molecule has 13 rings (SSSR count). The molecule has 1 atom stereocenters. The third kappa shape index (κ3) is 5.51. The average Bonchev–Trinajstić information content (AvgIpc) is 3.88. The Hall–Kier alpha value is -7.66. The largest absolute Gasteiger partial charge is 0.278 e. The van der Waals surface area contributed by atoms with Crippen LogP contribution in [0.15, 0.2) is 194 Å². The van der Waals surface area contributed by atoms with Crippen molar-refractivity contribution in [3.05, 3.63) is 211 Å². The van der Waals surface area contributed by atoms with E-state index in [1.165, 1.54) is 87.4 Å². The summed E-state index contributed by atoms with van der Waals surface area (Å²) in [4.78, 5) is 11.3. The van der Waals surface area contributed by atoms with Crippen LogP contribution in [0.4, 0.5) is 0 Å². The van der Waals surface area contributed by atoms with E-state index in [-0.39, 0.29) is 5.92 Å². The van der Waals surface area contributed by atoms with Gasteiger partial charge in [0.05, 0.1) is 26.9 Å². The predicted molar refractivity (Wildman–Crippen MR) is 266 cm³/mol. The summed E-state index contributed by atoms with van der Waals surface area (Å²) in [5.74, 6) is 0.837. The molecule has 1 aliphatic carbocycles. The minimum absolute atomic E-state index is 0.171. The molecule has 296 valence electrons. The van der Waals surface area contributed by atoms with Crippen LogP contribution in [0, 0.1) is 6.92 Å². The minimum Gasteiger partial charge on any atom is -0.278 e. The second-order valence-electron chi connectivity index (χ2n) is 16.9. The number of fused-ring (bicyclic) bond motifs is 14. The molecule has 0 aliphatic heterocycles. The summed E-state index contributed by atoms with van der Waals surface area (Å²) in [6.07, 6.45) is 0. The van der Waals surface area contributed by atoms with Gasteiger partial charge in [0.2, 0.25) is 5.95 Å². The molecule has 0 fully saturated rings. The van der Waals surface area contributed by atoms with E-state index in [9.17, 15) is 0 Å². The van der Waals surface area contributed by atoms with Crippen molar-refractivity contribution in [2.24, 2.45) is 0 Å². The predicted octanol–water partition coefficient (Wildman–Crippen LogP) is 16.2. The summed E-state index contributed by atoms with van der Waals surface area (Å²) in [6.45, 7) is 4.70. The van der Waals surface area contributed by atoms with E-state index in [4.69, 9.17) is 9.97 Å². The average molecular weight is 822 g/mol. The molecule has 9 aromatic carbocycles. The molecule has 0 amide bonds. The van der Waals surface area contributed by atoms with Gasteiger partial charge < -0.3 is 0 Å². The lowest BCUT2D eigenvalue weighted by atomic mass is 9.76. The quantitative estimate of drug-likeness (QED) is 0.177. The second kappa shape index (κ2) is 13.9. The maximum absolute atomic E-state index is 5.68. The molecule has 0 N–H and O–H groups in total. The van der Waals surface area contributed by atoms with Crippen LogP contribution < -0.4 is 0 Å². The number of hydrogen-bond acceptors (Lipinski definition) is 3. The summed E-state index contributed by atoms with van der Waals surface area (Å²) < 4.78 is 4.66. The van der Waals surface area contributed by atoms with E-state index in [0.29, 0.717) is 5.95 Å². The smallest absolute Gasteiger partial charge is 0.235 e. The van der Waals surface area contributed by atoms with E-state index in [1.807, 2.05) is 0 Å². The van der Waals surface area contributed by atoms with Crippen molar-refractivity contribution < 1.29 is 0 Å². The summed E-state index contributed by atoms with van der Waals surface area (Å²) >= 11 is 1.78. The lowest BCUT2D eigenvalue weighted by Crippen LogP contribution is -2.07. The monoisotopic (exact) mass is 821 g/mol. The zero-order valence-corrected chi connectivity index (χ0v) is 35.6. The maximum atomic E-state index is 5.68. The van der Waals surface area contributed by atoms with Gasteiger partial charge in [-0.3, -0.25) is 4.57 Å². The topological polar surface area (TPSA) is 30.7 Å². The Labute approximate surface area is 369 Å². The highest BCUT2D eigenvalue weighted by Gasteiger charge is 2.29. The first-order valence-electron chi connectivity index (χ1n) is 21.7. The Kier molecular flexibility index (Phi) is 7.97.